The molecule has 0 N–H and O–H groups in total. The first kappa shape index (κ1) is 20.0. The Bertz CT molecular complexity index is 1480. The molecule has 0 unspecified atom stereocenters. The van der Waals surface area contributed by atoms with Crippen molar-refractivity contribution in [2.45, 2.75) is 6.61 Å². The van der Waals surface area contributed by atoms with Crippen molar-refractivity contribution in [2.75, 3.05) is 7.11 Å². The minimum absolute atomic E-state index is 0.141. The molecule has 0 aliphatic carbocycles. The van der Waals surface area contributed by atoms with Gasteiger partial charge in [0.1, 0.15) is 6.61 Å². The van der Waals surface area contributed by atoms with Gasteiger partial charge in [-0.2, -0.15) is 0 Å². The van der Waals surface area contributed by atoms with Crippen molar-refractivity contribution in [1.29, 1.82) is 0 Å². The summed E-state index contributed by atoms with van der Waals surface area (Å²) in [5, 5.41) is 8.38. The highest BCUT2D eigenvalue weighted by Crippen LogP contribution is 2.29. The van der Waals surface area contributed by atoms with E-state index < -0.39 is 0 Å². The van der Waals surface area contributed by atoms with E-state index in [2.05, 4.69) is 10.2 Å². The molecule has 158 valence electrons. The molecule has 0 aliphatic rings. The highest BCUT2D eigenvalue weighted by Gasteiger charge is 2.14. The molecular formula is C25H19N3O3S. The van der Waals surface area contributed by atoms with Crippen LogP contribution >= 0.6 is 11.3 Å². The van der Waals surface area contributed by atoms with Crippen LogP contribution in [0, 0.1) is 0 Å². The number of ether oxygens (including phenoxy) is 2. The molecule has 7 heteroatoms. The monoisotopic (exact) mass is 441 g/mol. The Morgan fingerprint density at radius 3 is 2.44 bits per heavy atom. The topological polar surface area (TPSA) is 65.7 Å². The summed E-state index contributed by atoms with van der Waals surface area (Å²) in [6.45, 7) is 0.447. The van der Waals surface area contributed by atoms with Gasteiger partial charge in [0.2, 0.25) is 4.96 Å². The van der Waals surface area contributed by atoms with E-state index in [0.717, 1.165) is 16.7 Å². The fourth-order valence-electron chi connectivity index (χ4n) is 3.42. The van der Waals surface area contributed by atoms with Crippen molar-refractivity contribution < 1.29 is 9.47 Å². The number of thiazole rings is 1. The number of benzene rings is 3. The second kappa shape index (κ2) is 8.64. The van der Waals surface area contributed by atoms with Gasteiger partial charge in [-0.25, -0.2) is 4.40 Å². The van der Waals surface area contributed by atoms with E-state index in [1.165, 1.54) is 11.3 Å². The zero-order valence-electron chi connectivity index (χ0n) is 17.3. The van der Waals surface area contributed by atoms with Crippen molar-refractivity contribution in [3.05, 3.63) is 105 Å². The molecule has 0 saturated carbocycles. The molecule has 32 heavy (non-hydrogen) atoms. The first-order valence-corrected chi connectivity index (χ1v) is 10.8. The average molecular weight is 442 g/mol. The number of nitrogens with zero attached hydrogens (tertiary/aromatic N) is 3. The molecule has 0 amide bonds. The quantitative estimate of drug-likeness (QED) is 0.399. The normalized spacial score (nSPS) is 11.7. The maximum atomic E-state index is 13.1. The van der Waals surface area contributed by atoms with Crippen LogP contribution in [0.15, 0.2) is 83.7 Å². The summed E-state index contributed by atoms with van der Waals surface area (Å²) in [5.74, 6) is 1.80. The second-order valence-corrected chi connectivity index (χ2v) is 8.12. The van der Waals surface area contributed by atoms with Crippen LogP contribution in [-0.2, 0) is 6.61 Å². The van der Waals surface area contributed by atoms with Gasteiger partial charge in [-0.3, -0.25) is 4.79 Å². The molecule has 0 fully saturated rings. The standard InChI is InChI=1S/C25H19N3O3S/c1-30-21-14-18(12-13-20(21)31-16-17-8-4-2-5-9-17)15-22-24(29)28-23(26-27-25(28)32-22)19-10-6-3-7-11-19/h2-15H,16H2,1H3. The van der Waals surface area contributed by atoms with E-state index in [1.807, 2.05) is 84.9 Å². The van der Waals surface area contributed by atoms with Crippen LogP contribution < -0.4 is 19.6 Å². The van der Waals surface area contributed by atoms with E-state index in [0.29, 0.717) is 33.4 Å². The lowest BCUT2D eigenvalue weighted by Crippen LogP contribution is -2.23. The van der Waals surface area contributed by atoms with Crippen molar-refractivity contribution in [3.63, 3.8) is 0 Å². The first-order chi connectivity index (χ1) is 15.7. The number of rotatable bonds is 6. The van der Waals surface area contributed by atoms with Gasteiger partial charge in [-0.1, -0.05) is 78.1 Å². The van der Waals surface area contributed by atoms with Crippen LogP contribution in [0.4, 0.5) is 0 Å². The molecule has 0 aliphatic heterocycles. The predicted octanol–water partition coefficient (Wildman–Crippen LogP) is 3.95. The van der Waals surface area contributed by atoms with Gasteiger partial charge < -0.3 is 9.47 Å². The zero-order valence-corrected chi connectivity index (χ0v) is 18.1. The van der Waals surface area contributed by atoms with E-state index >= 15 is 0 Å². The molecule has 2 aromatic heterocycles. The van der Waals surface area contributed by atoms with Gasteiger partial charge in [0.25, 0.3) is 5.56 Å². The zero-order chi connectivity index (χ0) is 21.9. The van der Waals surface area contributed by atoms with Gasteiger partial charge in [0.15, 0.2) is 17.3 Å². The first-order valence-electron chi connectivity index (χ1n) is 10.0. The second-order valence-electron chi connectivity index (χ2n) is 7.11. The molecule has 0 saturated heterocycles. The summed E-state index contributed by atoms with van der Waals surface area (Å²) < 4.78 is 13.6. The Labute approximate surface area is 188 Å². The van der Waals surface area contributed by atoms with Crippen LogP contribution in [0.25, 0.3) is 22.4 Å². The summed E-state index contributed by atoms with van der Waals surface area (Å²) in [6.07, 6.45) is 1.83. The minimum Gasteiger partial charge on any atom is -0.493 e. The fourth-order valence-corrected chi connectivity index (χ4v) is 4.33. The van der Waals surface area contributed by atoms with E-state index in [9.17, 15) is 4.79 Å². The highest BCUT2D eigenvalue weighted by atomic mass is 32.1. The summed E-state index contributed by atoms with van der Waals surface area (Å²) in [5.41, 5.74) is 2.62. The Morgan fingerprint density at radius 1 is 0.938 bits per heavy atom. The molecule has 0 bridgehead atoms. The Hall–Kier alpha value is -3.97. The predicted molar refractivity (Wildman–Crippen MR) is 125 cm³/mol. The van der Waals surface area contributed by atoms with Gasteiger partial charge in [-0.15, -0.1) is 10.2 Å². The Kier molecular flexibility index (Phi) is 5.39. The Morgan fingerprint density at radius 2 is 1.69 bits per heavy atom. The molecule has 0 spiro atoms. The third-order valence-corrected chi connectivity index (χ3v) is 5.96. The van der Waals surface area contributed by atoms with E-state index in [-0.39, 0.29) is 5.56 Å². The van der Waals surface area contributed by atoms with Gasteiger partial charge >= 0.3 is 0 Å². The molecular weight excluding hydrogens is 422 g/mol. The van der Waals surface area contributed by atoms with Crippen LogP contribution in [0.3, 0.4) is 0 Å². The molecule has 2 heterocycles. The van der Waals surface area contributed by atoms with Gasteiger partial charge in [0.05, 0.1) is 11.6 Å². The summed E-state index contributed by atoms with van der Waals surface area (Å²) in [4.78, 5) is 13.6. The van der Waals surface area contributed by atoms with Crippen LogP contribution in [0.2, 0.25) is 0 Å². The largest absolute Gasteiger partial charge is 0.493 e. The number of aromatic nitrogens is 3. The van der Waals surface area contributed by atoms with E-state index in [1.54, 1.807) is 11.5 Å². The lowest BCUT2D eigenvalue weighted by molar-refractivity contribution is 0.284. The number of hydrogen-bond acceptors (Lipinski definition) is 6. The average Bonchev–Trinajstić information content (AvgIpc) is 3.39. The van der Waals surface area contributed by atoms with Gasteiger partial charge in [0, 0.05) is 5.56 Å². The molecule has 5 rings (SSSR count). The molecule has 6 nitrogen and oxygen atoms in total. The SMILES string of the molecule is COc1cc(C=c2sc3nnc(-c4ccccc4)n3c2=O)ccc1OCc1ccccc1. The molecule has 0 radical (unpaired) electrons. The summed E-state index contributed by atoms with van der Waals surface area (Å²) >= 11 is 1.31. The van der Waals surface area contributed by atoms with Crippen LogP contribution in [-0.4, -0.2) is 21.7 Å². The van der Waals surface area contributed by atoms with Crippen LogP contribution in [0.1, 0.15) is 11.1 Å². The Balaban J connectivity index is 1.48. The third kappa shape index (κ3) is 3.86. The third-order valence-electron chi connectivity index (χ3n) is 5.00. The lowest BCUT2D eigenvalue weighted by Gasteiger charge is -2.11. The van der Waals surface area contributed by atoms with Crippen LogP contribution in [0.5, 0.6) is 11.5 Å². The number of methoxy groups -OCH3 is 1. The number of fused-ring (bicyclic) bond motifs is 1. The summed E-state index contributed by atoms with van der Waals surface area (Å²) in [6, 6.07) is 25.1. The smallest absolute Gasteiger partial charge is 0.276 e. The minimum atomic E-state index is -0.141. The fraction of sp³-hybridized carbons (Fsp3) is 0.0800. The van der Waals surface area contributed by atoms with E-state index in [4.69, 9.17) is 9.47 Å². The molecule has 5 aromatic rings. The highest BCUT2D eigenvalue weighted by molar-refractivity contribution is 7.15. The van der Waals surface area contributed by atoms with Gasteiger partial charge in [-0.05, 0) is 29.3 Å². The number of hydrogen-bond donors (Lipinski definition) is 0. The maximum absolute atomic E-state index is 13.1. The lowest BCUT2D eigenvalue weighted by atomic mass is 10.2. The van der Waals surface area contributed by atoms with Crippen molar-refractivity contribution >= 4 is 22.4 Å². The van der Waals surface area contributed by atoms with Crippen molar-refractivity contribution in [1.82, 2.24) is 14.6 Å². The van der Waals surface area contributed by atoms with Crippen molar-refractivity contribution in [3.8, 4) is 22.9 Å². The molecule has 3 aromatic carbocycles. The summed E-state index contributed by atoms with van der Waals surface area (Å²) in [7, 11) is 1.60. The molecule has 0 atom stereocenters. The maximum Gasteiger partial charge on any atom is 0.276 e. The van der Waals surface area contributed by atoms with Crippen molar-refractivity contribution in [2.24, 2.45) is 0 Å².